The minimum Gasteiger partial charge on any atom is -0.328 e. The molecule has 0 unspecified atom stereocenters. The smallest absolute Gasteiger partial charge is 0.0807 e. The summed E-state index contributed by atoms with van der Waals surface area (Å²) in [5, 5.41) is 1.63. The Hall–Kier alpha value is -0.120. The molecular formula is C4H12N2O. The lowest BCUT2D eigenvalue weighted by molar-refractivity contribution is -0.115. The van der Waals surface area contributed by atoms with Crippen molar-refractivity contribution in [3.05, 3.63) is 0 Å². The van der Waals surface area contributed by atoms with Gasteiger partial charge in [0.25, 0.3) is 0 Å². The second-order valence-electron chi connectivity index (χ2n) is 1.43. The van der Waals surface area contributed by atoms with Crippen LogP contribution in [0.5, 0.6) is 0 Å². The van der Waals surface area contributed by atoms with Gasteiger partial charge in [-0.1, -0.05) is 0 Å². The van der Waals surface area contributed by atoms with Gasteiger partial charge in [0.1, 0.15) is 0 Å². The van der Waals surface area contributed by atoms with Crippen molar-refractivity contribution in [3.63, 3.8) is 0 Å². The first-order valence-electron chi connectivity index (χ1n) is 2.27. The number of nitrogens with two attached hydrogens (primary N) is 1. The highest BCUT2D eigenvalue weighted by molar-refractivity contribution is 4.24. The van der Waals surface area contributed by atoms with Crippen molar-refractivity contribution in [3.8, 4) is 0 Å². The molecule has 0 aliphatic heterocycles. The largest absolute Gasteiger partial charge is 0.328 e. The van der Waals surface area contributed by atoms with Gasteiger partial charge >= 0.3 is 0 Å². The van der Waals surface area contributed by atoms with Crippen LogP contribution in [0.3, 0.4) is 0 Å². The van der Waals surface area contributed by atoms with Crippen LogP contribution >= 0.6 is 0 Å². The molecule has 0 aromatic rings. The molecule has 0 aromatic carbocycles. The second-order valence-corrected chi connectivity index (χ2v) is 1.43. The number of rotatable bonds is 3. The van der Waals surface area contributed by atoms with Gasteiger partial charge in [-0.15, -0.1) is 0 Å². The van der Waals surface area contributed by atoms with Gasteiger partial charge in [-0.05, 0) is 0 Å². The van der Waals surface area contributed by atoms with Crippen molar-refractivity contribution in [1.82, 2.24) is 5.06 Å². The first kappa shape index (κ1) is 6.88. The maximum atomic E-state index is 5.13. The van der Waals surface area contributed by atoms with E-state index < -0.39 is 0 Å². The maximum absolute atomic E-state index is 5.13. The minimum atomic E-state index is 0.582. The molecule has 0 amide bonds. The predicted octanol–water partition coefficient (Wildman–Crippen LogP) is -0.562. The Morgan fingerprint density at radius 3 is 2.29 bits per heavy atom. The highest BCUT2D eigenvalue weighted by atomic mass is 16.7. The Morgan fingerprint density at radius 1 is 1.57 bits per heavy atom. The summed E-state index contributed by atoms with van der Waals surface area (Å²) >= 11 is 0. The average molecular weight is 104 g/mol. The third-order valence-electron chi connectivity index (χ3n) is 0.467. The summed E-state index contributed by atoms with van der Waals surface area (Å²) in [5.74, 6) is 0. The lowest BCUT2D eigenvalue weighted by Gasteiger charge is -2.07. The molecule has 0 heterocycles. The van der Waals surface area contributed by atoms with Gasteiger partial charge in [0.2, 0.25) is 0 Å². The summed E-state index contributed by atoms with van der Waals surface area (Å²) in [6.45, 7) is 1.19. The van der Waals surface area contributed by atoms with E-state index in [9.17, 15) is 0 Å². The van der Waals surface area contributed by atoms with Gasteiger partial charge in [0, 0.05) is 20.6 Å². The normalized spacial score (nSPS) is 10.3. The van der Waals surface area contributed by atoms with Crippen molar-refractivity contribution in [1.29, 1.82) is 0 Å². The van der Waals surface area contributed by atoms with Crippen molar-refractivity contribution < 1.29 is 4.84 Å². The van der Waals surface area contributed by atoms with Crippen LogP contribution in [0.1, 0.15) is 0 Å². The van der Waals surface area contributed by atoms with Gasteiger partial charge in [-0.2, -0.15) is 5.06 Å². The van der Waals surface area contributed by atoms with Crippen LogP contribution < -0.4 is 5.73 Å². The van der Waals surface area contributed by atoms with Crippen LogP contribution in [0.15, 0.2) is 0 Å². The standard InChI is InChI=1S/C4H12N2O/c1-6(2)7-4-3-5/h3-5H2,1-2H3. The Bertz CT molecular complexity index is 38.7. The predicted molar refractivity (Wildman–Crippen MR) is 28.7 cm³/mol. The van der Waals surface area contributed by atoms with E-state index in [0.717, 1.165) is 0 Å². The average Bonchev–Trinajstić information content (AvgIpc) is 1.61. The number of hydroxylamine groups is 2. The molecule has 0 aliphatic carbocycles. The first-order chi connectivity index (χ1) is 3.27. The molecule has 0 saturated heterocycles. The molecule has 0 spiro atoms. The van der Waals surface area contributed by atoms with Crippen LogP contribution in [0.4, 0.5) is 0 Å². The quantitative estimate of drug-likeness (QED) is 0.488. The van der Waals surface area contributed by atoms with Crippen molar-refractivity contribution in [2.75, 3.05) is 27.2 Å². The fraction of sp³-hybridized carbons (Fsp3) is 1.00. The summed E-state index contributed by atoms with van der Waals surface area (Å²) in [4.78, 5) is 4.90. The van der Waals surface area contributed by atoms with E-state index in [0.29, 0.717) is 13.2 Å². The minimum absolute atomic E-state index is 0.582. The molecule has 0 bridgehead atoms. The van der Waals surface area contributed by atoms with E-state index in [2.05, 4.69) is 0 Å². The van der Waals surface area contributed by atoms with Crippen LogP contribution in [0.25, 0.3) is 0 Å². The molecular weight excluding hydrogens is 92.1 g/mol. The van der Waals surface area contributed by atoms with Gasteiger partial charge < -0.3 is 5.73 Å². The van der Waals surface area contributed by atoms with Crippen molar-refractivity contribution >= 4 is 0 Å². The number of nitrogens with zero attached hydrogens (tertiary/aromatic N) is 1. The Morgan fingerprint density at radius 2 is 2.14 bits per heavy atom. The van der Waals surface area contributed by atoms with Gasteiger partial charge in [0.05, 0.1) is 6.61 Å². The number of hydrogen-bond acceptors (Lipinski definition) is 3. The highest BCUT2D eigenvalue weighted by Crippen LogP contribution is 1.72. The van der Waals surface area contributed by atoms with Crippen LogP contribution in [-0.4, -0.2) is 32.3 Å². The van der Waals surface area contributed by atoms with Crippen molar-refractivity contribution in [2.24, 2.45) is 5.73 Å². The van der Waals surface area contributed by atoms with E-state index in [1.165, 1.54) is 0 Å². The molecule has 0 fully saturated rings. The van der Waals surface area contributed by atoms with Gasteiger partial charge in [0.15, 0.2) is 0 Å². The third-order valence-corrected chi connectivity index (χ3v) is 0.467. The van der Waals surface area contributed by atoms with Gasteiger partial charge in [-0.25, -0.2) is 0 Å². The maximum Gasteiger partial charge on any atom is 0.0807 e. The highest BCUT2D eigenvalue weighted by Gasteiger charge is 1.82. The Balaban J connectivity index is 2.68. The third kappa shape index (κ3) is 5.88. The van der Waals surface area contributed by atoms with Crippen LogP contribution in [-0.2, 0) is 4.84 Å². The summed E-state index contributed by atoms with van der Waals surface area (Å²) < 4.78 is 0. The van der Waals surface area contributed by atoms with Gasteiger partial charge in [-0.3, -0.25) is 4.84 Å². The second kappa shape index (κ2) is 4.05. The molecule has 0 atom stereocenters. The molecule has 7 heavy (non-hydrogen) atoms. The summed E-state index contributed by atoms with van der Waals surface area (Å²) in [6, 6.07) is 0. The van der Waals surface area contributed by atoms with Crippen LogP contribution in [0.2, 0.25) is 0 Å². The zero-order chi connectivity index (χ0) is 5.70. The summed E-state index contributed by atoms with van der Waals surface area (Å²) in [5.41, 5.74) is 5.13. The monoisotopic (exact) mass is 104 g/mol. The topological polar surface area (TPSA) is 38.5 Å². The molecule has 44 valence electrons. The fourth-order valence-corrected chi connectivity index (χ4v) is 0.235. The summed E-state index contributed by atoms with van der Waals surface area (Å²) in [6.07, 6.45) is 0. The van der Waals surface area contributed by atoms with E-state index in [-0.39, 0.29) is 0 Å². The zero-order valence-corrected chi connectivity index (χ0v) is 4.85. The fourth-order valence-electron chi connectivity index (χ4n) is 0.235. The first-order valence-corrected chi connectivity index (χ1v) is 2.27. The molecule has 3 nitrogen and oxygen atoms in total. The number of hydrogen-bond donors (Lipinski definition) is 1. The van der Waals surface area contributed by atoms with E-state index in [1.807, 2.05) is 14.1 Å². The zero-order valence-electron chi connectivity index (χ0n) is 4.85. The summed E-state index contributed by atoms with van der Waals surface area (Å²) in [7, 11) is 3.66. The lowest BCUT2D eigenvalue weighted by Crippen LogP contribution is -2.18. The molecule has 0 radical (unpaired) electrons. The van der Waals surface area contributed by atoms with E-state index >= 15 is 0 Å². The Kier molecular flexibility index (Phi) is 3.98. The molecule has 0 saturated carbocycles. The van der Waals surface area contributed by atoms with Crippen LogP contribution in [0, 0.1) is 0 Å². The lowest BCUT2D eigenvalue weighted by atomic mass is 10.7. The SMILES string of the molecule is CN(C)OCCN. The molecule has 0 rings (SSSR count). The van der Waals surface area contributed by atoms with E-state index in [1.54, 1.807) is 5.06 Å². The molecule has 0 aliphatic rings. The molecule has 3 heteroatoms. The van der Waals surface area contributed by atoms with Crippen molar-refractivity contribution in [2.45, 2.75) is 0 Å². The Labute approximate surface area is 44.0 Å². The molecule has 2 N–H and O–H groups in total. The molecule has 0 aromatic heterocycles. The van der Waals surface area contributed by atoms with E-state index in [4.69, 9.17) is 10.6 Å².